The molecular weight excluding hydrogens is 341 g/mol. The van der Waals surface area contributed by atoms with Crippen molar-refractivity contribution in [3.63, 3.8) is 0 Å². The predicted molar refractivity (Wildman–Crippen MR) is 91.8 cm³/mol. The molecule has 0 unspecified atom stereocenters. The number of halogens is 4. The summed E-state index contributed by atoms with van der Waals surface area (Å²) >= 11 is 0. The lowest BCUT2D eigenvalue weighted by atomic mass is 9.93. The molecule has 0 bridgehead atoms. The van der Waals surface area contributed by atoms with Crippen LogP contribution in [0.5, 0.6) is 5.75 Å². The van der Waals surface area contributed by atoms with E-state index in [0.29, 0.717) is 0 Å². The van der Waals surface area contributed by atoms with Gasteiger partial charge in [0.1, 0.15) is 5.75 Å². The van der Waals surface area contributed by atoms with Crippen LogP contribution in [0.15, 0.2) is 24.3 Å². The normalized spacial score (nSPS) is 16.7. The van der Waals surface area contributed by atoms with Crippen molar-refractivity contribution in [3.8, 4) is 5.75 Å². The second kappa shape index (κ2) is 10.1. The third kappa shape index (κ3) is 7.73. The van der Waals surface area contributed by atoms with Crippen molar-refractivity contribution in [1.29, 1.82) is 0 Å². The number of ether oxygens (including phenoxy) is 1. The van der Waals surface area contributed by atoms with Crippen molar-refractivity contribution >= 4 is 12.4 Å². The van der Waals surface area contributed by atoms with E-state index >= 15 is 0 Å². The summed E-state index contributed by atoms with van der Waals surface area (Å²) in [6, 6.07) is 6.92. The Kier molecular flexibility index (Phi) is 8.87. The quantitative estimate of drug-likeness (QED) is 0.792. The van der Waals surface area contributed by atoms with E-state index in [1.165, 1.54) is 19.3 Å². The fourth-order valence-electron chi connectivity index (χ4n) is 2.90. The molecule has 1 saturated heterocycles. The minimum absolute atomic E-state index is 0. The van der Waals surface area contributed by atoms with Gasteiger partial charge in [0, 0.05) is 6.54 Å². The molecule has 3 nitrogen and oxygen atoms in total. The molecule has 0 spiro atoms. The molecule has 138 valence electrons. The maximum absolute atomic E-state index is 12.1. The van der Waals surface area contributed by atoms with Crippen molar-refractivity contribution in [1.82, 2.24) is 10.2 Å². The molecule has 1 aromatic rings. The zero-order valence-corrected chi connectivity index (χ0v) is 14.8. The highest BCUT2D eigenvalue weighted by Gasteiger charge is 2.28. The largest absolute Gasteiger partial charge is 0.484 e. The molecule has 1 N–H and O–H groups in total. The van der Waals surface area contributed by atoms with Gasteiger partial charge < -0.3 is 10.1 Å². The molecule has 1 aromatic carbocycles. The maximum atomic E-state index is 12.1. The van der Waals surface area contributed by atoms with Gasteiger partial charge in [-0.3, -0.25) is 4.90 Å². The predicted octanol–water partition coefficient (Wildman–Crippen LogP) is 3.87. The second-order valence-corrected chi connectivity index (χ2v) is 6.16. The number of rotatable bonds is 7. The monoisotopic (exact) mass is 366 g/mol. The van der Waals surface area contributed by atoms with Gasteiger partial charge in [-0.15, -0.1) is 12.4 Å². The summed E-state index contributed by atoms with van der Waals surface area (Å²) in [5.74, 6) is 1.06. The van der Waals surface area contributed by atoms with E-state index < -0.39 is 12.8 Å². The average molecular weight is 367 g/mol. The van der Waals surface area contributed by atoms with Crippen molar-refractivity contribution in [2.75, 3.05) is 33.3 Å². The number of benzene rings is 1. The van der Waals surface area contributed by atoms with Gasteiger partial charge in [0.05, 0.1) is 0 Å². The van der Waals surface area contributed by atoms with Crippen LogP contribution in [0, 0.1) is 5.92 Å². The molecule has 2 rings (SSSR count). The summed E-state index contributed by atoms with van der Waals surface area (Å²) in [7, 11) is 1.98. The molecular formula is C17H26ClF3N2O. The Hall–Kier alpha value is -0.980. The number of nitrogens with zero attached hydrogens (tertiary/aromatic N) is 1. The van der Waals surface area contributed by atoms with Gasteiger partial charge in [-0.1, -0.05) is 12.1 Å². The molecule has 0 saturated carbocycles. The van der Waals surface area contributed by atoms with E-state index in [-0.39, 0.29) is 18.2 Å². The first-order valence-corrected chi connectivity index (χ1v) is 8.12. The smallest absolute Gasteiger partial charge is 0.422 e. The molecule has 1 aliphatic rings. The molecule has 7 heteroatoms. The van der Waals surface area contributed by atoms with Gasteiger partial charge in [0.2, 0.25) is 0 Å². The van der Waals surface area contributed by atoms with Gasteiger partial charge in [-0.2, -0.15) is 13.2 Å². The van der Waals surface area contributed by atoms with E-state index in [1.807, 2.05) is 19.2 Å². The number of likely N-dealkylation sites (tertiary alicyclic amines) is 1. The zero-order valence-electron chi connectivity index (χ0n) is 13.9. The van der Waals surface area contributed by atoms with Crippen molar-refractivity contribution in [2.24, 2.45) is 5.92 Å². The Bertz CT molecular complexity index is 460. The third-order valence-electron chi connectivity index (χ3n) is 4.24. The van der Waals surface area contributed by atoms with E-state index in [1.54, 1.807) is 12.1 Å². The van der Waals surface area contributed by atoms with Crippen molar-refractivity contribution in [2.45, 2.75) is 32.0 Å². The van der Waals surface area contributed by atoms with Gasteiger partial charge in [-0.25, -0.2) is 0 Å². The highest BCUT2D eigenvalue weighted by atomic mass is 35.5. The Balaban J connectivity index is 0.00000288. The highest BCUT2D eigenvalue weighted by Crippen LogP contribution is 2.23. The van der Waals surface area contributed by atoms with Crippen LogP contribution in [-0.2, 0) is 6.54 Å². The molecule has 0 aromatic heterocycles. The first-order valence-electron chi connectivity index (χ1n) is 8.12. The van der Waals surface area contributed by atoms with Gasteiger partial charge >= 0.3 is 6.18 Å². The summed E-state index contributed by atoms with van der Waals surface area (Å²) in [6.07, 6.45) is -0.630. The second-order valence-electron chi connectivity index (χ2n) is 6.16. The van der Waals surface area contributed by atoms with Gasteiger partial charge in [-0.05, 0) is 69.6 Å². The van der Waals surface area contributed by atoms with Crippen LogP contribution >= 0.6 is 12.4 Å². The lowest BCUT2D eigenvalue weighted by Gasteiger charge is -2.32. The standard InChI is InChI=1S/C17H25F3N2O.ClH/c1-21-9-6-14-7-10-22(11-8-14)12-15-2-4-16(5-3-15)23-13-17(18,19)20;/h2-5,14,21H,6-13H2,1H3;1H. The number of nitrogens with one attached hydrogen (secondary N) is 1. The van der Waals surface area contributed by atoms with Gasteiger partial charge in [0.15, 0.2) is 6.61 Å². The SMILES string of the molecule is CNCCC1CCN(Cc2ccc(OCC(F)(F)F)cc2)CC1.Cl. The first kappa shape index (κ1) is 21.1. The molecule has 1 aliphatic heterocycles. The highest BCUT2D eigenvalue weighted by molar-refractivity contribution is 5.85. The molecule has 0 atom stereocenters. The summed E-state index contributed by atoms with van der Waals surface area (Å²) < 4.78 is 41.0. The van der Waals surface area contributed by atoms with Crippen LogP contribution in [0.1, 0.15) is 24.8 Å². The fourth-order valence-corrected chi connectivity index (χ4v) is 2.90. The topological polar surface area (TPSA) is 24.5 Å². The van der Waals surface area contributed by atoms with Crippen LogP contribution in [0.25, 0.3) is 0 Å². The molecule has 1 heterocycles. The summed E-state index contributed by atoms with van der Waals surface area (Å²) in [5.41, 5.74) is 1.11. The Labute approximate surface area is 148 Å². The maximum Gasteiger partial charge on any atom is 0.422 e. The molecule has 0 radical (unpaired) electrons. The van der Waals surface area contributed by atoms with Crippen LogP contribution in [0.2, 0.25) is 0 Å². The summed E-state index contributed by atoms with van der Waals surface area (Å²) in [6.45, 7) is 2.84. The number of alkyl halides is 3. The van der Waals surface area contributed by atoms with Crippen LogP contribution in [0.4, 0.5) is 13.2 Å². The van der Waals surface area contributed by atoms with E-state index in [2.05, 4.69) is 10.2 Å². The molecule has 24 heavy (non-hydrogen) atoms. The Morgan fingerprint density at radius 2 is 1.79 bits per heavy atom. The number of piperidine rings is 1. The van der Waals surface area contributed by atoms with Crippen molar-refractivity contribution in [3.05, 3.63) is 29.8 Å². The van der Waals surface area contributed by atoms with E-state index in [0.717, 1.165) is 37.7 Å². The lowest BCUT2D eigenvalue weighted by Crippen LogP contribution is -2.34. The number of hydrogen-bond acceptors (Lipinski definition) is 3. The number of hydrogen-bond donors (Lipinski definition) is 1. The molecule has 0 aliphatic carbocycles. The zero-order chi connectivity index (χ0) is 16.7. The van der Waals surface area contributed by atoms with E-state index in [4.69, 9.17) is 4.74 Å². The minimum Gasteiger partial charge on any atom is -0.484 e. The summed E-state index contributed by atoms with van der Waals surface area (Å²) in [4.78, 5) is 2.40. The van der Waals surface area contributed by atoms with E-state index in [9.17, 15) is 13.2 Å². The van der Waals surface area contributed by atoms with Gasteiger partial charge in [0.25, 0.3) is 0 Å². The average Bonchev–Trinajstić information content (AvgIpc) is 2.53. The molecule has 1 fully saturated rings. The first-order chi connectivity index (χ1) is 11.0. The fraction of sp³-hybridized carbons (Fsp3) is 0.647. The van der Waals surface area contributed by atoms with Crippen LogP contribution in [-0.4, -0.2) is 44.4 Å². The minimum atomic E-state index is -4.30. The molecule has 0 amide bonds. The Morgan fingerprint density at radius 3 is 2.33 bits per heavy atom. The van der Waals surface area contributed by atoms with Crippen LogP contribution in [0.3, 0.4) is 0 Å². The van der Waals surface area contributed by atoms with Crippen molar-refractivity contribution < 1.29 is 17.9 Å². The summed E-state index contributed by atoms with van der Waals surface area (Å²) in [5, 5.41) is 3.20. The Morgan fingerprint density at radius 1 is 1.17 bits per heavy atom. The van der Waals surface area contributed by atoms with Crippen LogP contribution < -0.4 is 10.1 Å². The lowest BCUT2D eigenvalue weighted by molar-refractivity contribution is -0.153. The third-order valence-corrected chi connectivity index (χ3v) is 4.24.